The first-order chi connectivity index (χ1) is 15.2. The van der Waals surface area contributed by atoms with Crippen LogP contribution >= 0.6 is 11.8 Å². The molecule has 0 bridgehead atoms. The van der Waals surface area contributed by atoms with Crippen molar-refractivity contribution in [3.8, 4) is 5.75 Å². The Hall–Kier alpha value is -2.57. The van der Waals surface area contributed by atoms with Crippen LogP contribution in [0.2, 0.25) is 0 Å². The van der Waals surface area contributed by atoms with Crippen molar-refractivity contribution < 1.29 is 19.1 Å². The molecule has 162 valence electrons. The summed E-state index contributed by atoms with van der Waals surface area (Å²) in [6.07, 6.45) is 2.70. The molecule has 5 nitrogen and oxygen atoms in total. The van der Waals surface area contributed by atoms with E-state index in [1.807, 2.05) is 54.6 Å². The Morgan fingerprint density at radius 2 is 1.84 bits per heavy atom. The van der Waals surface area contributed by atoms with Gasteiger partial charge in [0.2, 0.25) is 0 Å². The van der Waals surface area contributed by atoms with Crippen molar-refractivity contribution in [3.05, 3.63) is 70.6 Å². The molecular weight excluding hydrogens is 410 g/mol. The van der Waals surface area contributed by atoms with Crippen molar-refractivity contribution >= 4 is 29.1 Å². The predicted octanol–water partition coefficient (Wildman–Crippen LogP) is 4.67. The summed E-state index contributed by atoms with van der Waals surface area (Å²) in [4.78, 5) is 28.5. The zero-order valence-corrected chi connectivity index (χ0v) is 18.5. The fourth-order valence-corrected chi connectivity index (χ4v) is 4.85. The minimum atomic E-state index is -0.238. The number of ether oxygens (including phenoxy) is 2. The lowest BCUT2D eigenvalue weighted by Crippen LogP contribution is -2.37. The molecule has 0 saturated carbocycles. The molecule has 2 aliphatic rings. The minimum absolute atomic E-state index is 0.0718. The molecule has 2 heterocycles. The molecule has 2 amide bonds. The predicted molar refractivity (Wildman–Crippen MR) is 123 cm³/mol. The molecule has 31 heavy (non-hydrogen) atoms. The normalized spacial score (nSPS) is 18.9. The average molecular weight is 438 g/mol. The number of amides is 2. The van der Waals surface area contributed by atoms with Crippen LogP contribution in [0.3, 0.4) is 0 Å². The smallest absolute Gasteiger partial charge is 0.268 e. The van der Waals surface area contributed by atoms with E-state index < -0.39 is 0 Å². The first-order valence-electron chi connectivity index (χ1n) is 10.8. The standard InChI is InChI=1S/C25H27NO4S/c1-2-14-29-20-12-10-19(11-13-20)22-23(31-17-18-7-4-3-5-8-18)25(28)26(24(22)27)16-21-9-6-15-30-21/h3-5,7-8,10-13,21H,2,6,9,14-17H2,1H3. The molecule has 1 saturated heterocycles. The van der Waals surface area contributed by atoms with Crippen molar-refractivity contribution in [2.45, 2.75) is 38.0 Å². The van der Waals surface area contributed by atoms with Crippen LogP contribution in [0.5, 0.6) is 5.75 Å². The van der Waals surface area contributed by atoms with Crippen LogP contribution in [0.15, 0.2) is 59.5 Å². The molecule has 0 radical (unpaired) electrons. The molecular formula is C25H27NO4S. The van der Waals surface area contributed by atoms with Gasteiger partial charge in [-0.15, -0.1) is 11.8 Å². The van der Waals surface area contributed by atoms with Crippen LogP contribution in [-0.2, 0) is 20.1 Å². The van der Waals surface area contributed by atoms with E-state index >= 15 is 0 Å². The van der Waals surface area contributed by atoms with Gasteiger partial charge in [-0.3, -0.25) is 14.5 Å². The van der Waals surface area contributed by atoms with E-state index in [1.165, 1.54) is 16.7 Å². The van der Waals surface area contributed by atoms with Gasteiger partial charge >= 0.3 is 0 Å². The van der Waals surface area contributed by atoms with Gasteiger partial charge in [0.25, 0.3) is 11.8 Å². The zero-order valence-electron chi connectivity index (χ0n) is 17.7. The summed E-state index contributed by atoms with van der Waals surface area (Å²) in [7, 11) is 0. The van der Waals surface area contributed by atoms with Gasteiger partial charge in [-0.2, -0.15) is 0 Å². The quantitative estimate of drug-likeness (QED) is 0.534. The van der Waals surface area contributed by atoms with Gasteiger partial charge in [0.1, 0.15) is 5.75 Å². The summed E-state index contributed by atoms with van der Waals surface area (Å²) < 4.78 is 11.3. The summed E-state index contributed by atoms with van der Waals surface area (Å²) in [5.41, 5.74) is 2.33. The average Bonchev–Trinajstić information content (AvgIpc) is 3.40. The number of rotatable bonds is 9. The van der Waals surface area contributed by atoms with Crippen molar-refractivity contribution in [1.82, 2.24) is 4.90 Å². The van der Waals surface area contributed by atoms with Gasteiger partial charge in [0.05, 0.1) is 29.7 Å². The third kappa shape index (κ3) is 5.02. The number of thioether (sulfide) groups is 1. The summed E-state index contributed by atoms with van der Waals surface area (Å²) in [6, 6.07) is 17.4. The number of imide groups is 1. The molecule has 0 aromatic heterocycles. The van der Waals surface area contributed by atoms with Gasteiger partial charge in [-0.25, -0.2) is 0 Å². The van der Waals surface area contributed by atoms with Gasteiger partial charge in [0, 0.05) is 12.4 Å². The van der Waals surface area contributed by atoms with Crippen molar-refractivity contribution in [2.75, 3.05) is 19.8 Å². The Balaban J connectivity index is 1.60. The fourth-order valence-electron chi connectivity index (χ4n) is 3.77. The Bertz CT molecular complexity index is 949. The first-order valence-corrected chi connectivity index (χ1v) is 11.8. The molecule has 1 unspecified atom stereocenters. The molecule has 6 heteroatoms. The lowest BCUT2D eigenvalue weighted by molar-refractivity contribution is -0.138. The first kappa shape index (κ1) is 21.7. The summed E-state index contributed by atoms with van der Waals surface area (Å²) in [5, 5.41) is 0. The van der Waals surface area contributed by atoms with Crippen LogP contribution in [0.25, 0.3) is 5.57 Å². The molecule has 0 aliphatic carbocycles. The number of hydrogen-bond donors (Lipinski definition) is 0. The Labute approximate surface area is 187 Å². The van der Waals surface area contributed by atoms with Gasteiger partial charge in [-0.1, -0.05) is 49.4 Å². The highest BCUT2D eigenvalue weighted by Gasteiger charge is 2.40. The summed E-state index contributed by atoms with van der Waals surface area (Å²) >= 11 is 1.43. The maximum Gasteiger partial charge on any atom is 0.268 e. The molecule has 2 aliphatic heterocycles. The second-order valence-electron chi connectivity index (χ2n) is 7.71. The molecule has 0 spiro atoms. The van der Waals surface area contributed by atoms with Gasteiger partial charge in [-0.05, 0) is 42.5 Å². The highest BCUT2D eigenvalue weighted by atomic mass is 32.2. The second-order valence-corrected chi connectivity index (χ2v) is 8.69. The van der Waals surface area contributed by atoms with Crippen LogP contribution < -0.4 is 4.74 Å². The third-order valence-electron chi connectivity index (χ3n) is 5.38. The van der Waals surface area contributed by atoms with Crippen molar-refractivity contribution in [1.29, 1.82) is 0 Å². The number of carbonyl (C=O) groups is 2. The number of nitrogens with zero attached hydrogens (tertiary/aromatic N) is 1. The number of hydrogen-bond acceptors (Lipinski definition) is 5. The topological polar surface area (TPSA) is 55.8 Å². The second kappa shape index (κ2) is 10.2. The maximum absolute atomic E-state index is 13.3. The van der Waals surface area contributed by atoms with Gasteiger partial charge in [0.15, 0.2) is 0 Å². The molecule has 1 atom stereocenters. The SMILES string of the molecule is CCCOc1ccc(C2=C(SCc3ccccc3)C(=O)N(CC3CCCO3)C2=O)cc1. The molecule has 1 fully saturated rings. The Morgan fingerprint density at radius 3 is 2.52 bits per heavy atom. The highest BCUT2D eigenvalue weighted by molar-refractivity contribution is 8.03. The third-order valence-corrected chi connectivity index (χ3v) is 6.52. The van der Waals surface area contributed by atoms with Crippen molar-refractivity contribution in [3.63, 3.8) is 0 Å². The summed E-state index contributed by atoms with van der Waals surface area (Å²) in [5.74, 6) is 0.933. The number of benzene rings is 2. The van der Waals surface area contributed by atoms with E-state index in [4.69, 9.17) is 9.47 Å². The van der Waals surface area contributed by atoms with Crippen LogP contribution in [-0.4, -0.2) is 42.6 Å². The zero-order chi connectivity index (χ0) is 21.6. The van der Waals surface area contributed by atoms with E-state index in [2.05, 4.69) is 6.92 Å². The van der Waals surface area contributed by atoms with Crippen LogP contribution in [0, 0.1) is 0 Å². The van der Waals surface area contributed by atoms with Gasteiger partial charge < -0.3 is 9.47 Å². The molecule has 4 rings (SSSR count). The Kier molecular flexibility index (Phi) is 7.10. The van der Waals surface area contributed by atoms with Crippen LogP contribution in [0.1, 0.15) is 37.3 Å². The van der Waals surface area contributed by atoms with E-state index in [1.54, 1.807) is 0 Å². The molecule has 2 aromatic carbocycles. The highest BCUT2D eigenvalue weighted by Crippen LogP contribution is 2.38. The lowest BCUT2D eigenvalue weighted by Gasteiger charge is -2.19. The monoisotopic (exact) mass is 437 g/mol. The van der Waals surface area contributed by atoms with E-state index in [0.29, 0.717) is 36.0 Å². The lowest BCUT2D eigenvalue weighted by atomic mass is 10.1. The molecule has 0 N–H and O–H groups in total. The number of carbonyl (C=O) groups excluding carboxylic acids is 2. The minimum Gasteiger partial charge on any atom is -0.494 e. The largest absolute Gasteiger partial charge is 0.494 e. The van der Waals surface area contributed by atoms with E-state index in [0.717, 1.165) is 36.1 Å². The van der Waals surface area contributed by atoms with E-state index in [9.17, 15) is 9.59 Å². The van der Waals surface area contributed by atoms with Crippen LogP contribution in [0.4, 0.5) is 0 Å². The Morgan fingerprint density at radius 1 is 1.06 bits per heavy atom. The molecule has 2 aromatic rings. The van der Waals surface area contributed by atoms with E-state index in [-0.39, 0.29) is 17.9 Å². The maximum atomic E-state index is 13.3. The summed E-state index contributed by atoms with van der Waals surface area (Å²) in [6.45, 7) is 3.71. The van der Waals surface area contributed by atoms with Crippen molar-refractivity contribution in [2.24, 2.45) is 0 Å². The fraction of sp³-hybridized carbons (Fsp3) is 0.360.